The van der Waals surface area contributed by atoms with Gasteiger partial charge in [-0.25, -0.2) is 4.39 Å². The Morgan fingerprint density at radius 1 is 1.12 bits per heavy atom. The van der Waals surface area contributed by atoms with Crippen LogP contribution in [-0.2, 0) is 0 Å². The lowest BCUT2D eigenvalue weighted by Crippen LogP contribution is -1.93. The molecule has 4 aromatic rings. The van der Waals surface area contributed by atoms with Crippen LogP contribution in [0.2, 0.25) is 0 Å². The van der Waals surface area contributed by atoms with Crippen LogP contribution in [0.3, 0.4) is 0 Å². The van der Waals surface area contributed by atoms with E-state index in [0.29, 0.717) is 16.6 Å². The molecule has 128 valence electrons. The molecule has 0 saturated heterocycles. The Labute approximate surface area is 146 Å². The molecule has 0 aliphatic rings. The van der Waals surface area contributed by atoms with Crippen LogP contribution in [0.25, 0.3) is 22.2 Å². The molecule has 26 heavy (non-hydrogen) atoms. The zero-order valence-corrected chi connectivity index (χ0v) is 13.3. The number of halogens is 1. The smallest absolute Gasteiger partial charge is 0.313 e. The maximum absolute atomic E-state index is 13.4. The molecule has 8 heteroatoms. The van der Waals surface area contributed by atoms with Gasteiger partial charge in [-0.3, -0.25) is 9.89 Å². The van der Waals surface area contributed by atoms with E-state index in [1.807, 2.05) is 30.3 Å². The third kappa shape index (κ3) is 2.84. The zero-order valence-electron chi connectivity index (χ0n) is 13.3. The summed E-state index contributed by atoms with van der Waals surface area (Å²) in [5, 5.41) is 24.3. The van der Waals surface area contributed by atoms with E-state index in [9.17, 15) is 14.3 Å². The number of nitrogens with zero attached hydrogens (tertiary/aromatic N) is 3. The molecule has 3 N–H and O–H groups in total. The number of benzene rings is 2. The average molecular weight is 349 g/mol. The fraction of sp³-hybridized carbons (Fsp3) is 0. The SMILES string of the molecule is O=C(N=Nc1c(O)[nH]c2ccc(F)cc12)c1cc(-c2ccccc2)n[nH]1. The Morgan fingerprint density at radius 2 is 1.92 bits per heavy atom. The van der Waals surface area contributed by atoms with Gasteiger partial charge in [-0.05, 0) is 24.3 Å². The predicted octanol–water partition coefficient (Wildman–Crippen LogP) is 4.33. The number of aromatic nitrogens is 3. The number of carbonyl (C=O) groups is 1. The zero-order chi connectivity index (χ0) is 18.1. The molecule has 0 aliphatic heterocycles. The van der Waals surface area contributed by atoms with Gasteiger partial charge in [0.2, 0.25) is 5.88 Å². The monoisotopic (exact) mass is 349 g/mol. The molecule has 0 bridgehead atoms. The van der Waals surface area contributed by atoms with E-state index in [4.69, 9.17) is 0 Å². The molecule has 0 saturated carbocycles. The second-order valence-electron chi connectivity index (χ2n) is 5.55. The van der Waals surface area contributed by atoms with E-state index in [1.165, 1.54) is 18.2 Å². The van der Waals surface area contributed by atoms with Crippen LogP contribution in [0, 0.1) is 5.82 Å². The molecule has 2 aromatic heterocycles. The molecular formula is C18H12FN5O2. The molecule has 0 radical (unpaired) electrons. The molecule has 0 spiro atoms. The maximum Gasteiger partial charge on any atom is 0.313 e. The average Bonchev–Trinajstić information content (AvgIpc) is 3.25. The number of aromatic hydroxyl groups is 1. The number of H-pyrrole nitrogens is 2. The van der Waals surface area contributed by atoms with Crippen LogP contribution in [0.4, 0.5) is 10.1 Å². The summed E-state index contributed by atoms with van der Waals surface area (Å²) in [6.07, 6.45) is 0. The largest absolute Gasteiger partial charge is 0.493 e. The van der Waals surface area contributed by atoms with Crippen molar-refractivity contribution in [3.05, 3.63) is 66.1 Å². The van der Waals surface area contributed by atoms with Crippen molar-refractivity contribution in [1.82, 2.24) is 15.2 Å². The van der Waals surface area contributed by atoms with Crippen molar-refractivity contribution >= 4 is 22.5 Å². The van der Waals surface area contributed by atoms with Gasteiger partial charge < -0.3 is 10.1 Å². The highest BCUT2D eigenvalue weighted by Crippen LogP contribution is 2.35. The van der Waals surface area contributed by atoms with Crippen molar-refractivity contribution in [3.63, 3.8) is 0 Å². The quantitative estimate of drug-likeness (QED) is 0.479. The van der Waals surface area contributed by atoms with E-state index in [2.05, 4.69) is 25.4 Å². The number of rotatable bonds is 3. The first-order chi connectivity index (χ1) is 12.6. The summed E-state index contributed by atoms with van der Waals surface area (Å²) in [7, 11) is 0. The van der Waals surface area contributed by atoms with Gasteiger partial charge in [0.05, 0.1) is 11.2 Å². The van der Waals surface area contributed by atoms with Crippen LogP contribution in [0.15, 0.2) is 64.8 Å². The first-order valence-electron chi connectivity index (χ1n) is 7.69. The second-order valence-corrected chi connectivity index (χ2v) is 5.55. The van der Waals surface area contributed by atoms with Gasteiger partial charge in [0.15, 0.2) is 5.69 Å². The molecule has 0 aliphatic carbocycles. The Bertz CT molecular complexity index is 1130. The summed E-state index contributed by atoms with van der Waals surface area (Å²) in [5.74, 6) is -1.44. The number of hydrogen-bond acceptors (Lipinski definition) is 4. The molecule has 0 atom stereocenters. The molecule has 0 fully saturated rings. The molecule has 1 amide bonds. The first-order valence-corrected chi connectivity index (χ1v) is 7.69. The van der Waals surface area contributed by atoms with Gasteiger partial charge >= 0.3 is 5.91 Å². The van der Waals surface area contributed by atoms with Crippen molar-refractivity contribution in [2.45, 2.75) is 0 Å². The van der Waals surface area contributed by atoms with Crippen LogP contribution < -0.4 is 0 Å². The van der Waals surface area contributed by atoms with E-state index in [-0.39, 0.29) is 17.3 Å². The number of carbonyl (C=O) groups excluding carboxylic acids is 1. The lowest BCUT2D eigenvalue weighted by Gasteiger charge is -1.93. The Kier molecular flexibility index (Phi) is 3.77. The topological polar surface area (TPSA) is 106 Å². The van der Waals surface area contributed by atoms with E-state index in [1.54, 1.807) is 6.07 Å². The fourth-order valence-corrected chi connectivity index (χ4v) is 2.57. The number of nitrogens with one attached hydrogen (secondary N) is 2. The van der Waals surface area contributed by atoms with Crippen molar-refractivity contribution in [1.29, 1.82) is 0 Å². The minimum absolute atomic E-state index is 0.00403. The third-order valence-corrected chi connectivity index (χ3v) is 3.83. The van der Waals surface area contributed by atoms with Gasteiger partial charge in [-0.2, -0.15) is 5.10 Å². The van der Waals surface area contributed by atoms with Crippen LogP contribution in [0.5, 0.6) is 5.88 Å². The van der Waals surface area contributed by atoms with Crippen molar-refractivity contribution < 1.29 is 14.3 Å². The van der Waals surface area contributed by atoms with E-state index < -0.39 is 11.7 Å². The maximum atomic E-state index is 13.4. The van der Waals surface area contributed by atoms with Gasteiger partial charge in [-0.15, -0.1) is 10.2 Å². The Hall–Kier alpha value is -3.81. The number of hydrogen-bond donors (Lipinski definition) is 3. The summed E-state index contributed by atoms with van der Waals surface area (Å²) in [6.45, 7) is 0. The molecule has 2 heterocycles. The van der Waals surface area contributed by atoms with Gasteiger partial charge in [0, 0.05) is 10.9 Å². The van der Waals surface area contributed by atoms with Crippen LogP contribution in [0.1, 0.15) is 10.5 Å². The minimum atomic E-state index is -0.662. The first kappa shape index (κ1) is 15.7. The molecule has 2 aromatic carbocycles. The lowest BCUT2D eigenvalue weighted by atomic mass is 10.1. The molecule has 4 rings (SSSR count). The number of aromatic amines is 2. The standard InChI is InChI=1S/C18H12FN5O2/c19-11-6-7-13-12(8-11)16(18(26)20-13)23-24-17(25)15-9-14(21-22-15)10-4-2-1-3-5-10/h1-9,20,26H,(H,21,22). The normalized spacial score (nSPS) is 11.4. The highest BCUT2D eigenvalue weighted by molar-refractivity contribution is 5.96. The van der Waals surface area contributed by atoms with E-state index in [0.717, 1.165) is 5.56 Å². The minimum Gasteiger partial charge on any atom is -0.493 e. The second kappa shape index (κ2) is 6.25. The summed E-state index contributed by atoms with van der Waals surface area (Å²) < 4.78 is 13.4. The highest BCUT2D eigenvalue weighted by atomic mass is 19.1. The van der Waals surface area contributed by atoms with Crippen molar-refractivity contribution in [2.24, 2.45) is 10.2 Å². The summed E-state index contributed by atoms with van der Waals surface area (Å²) in [5.41, 5.74) is 2.08. The lowest BCUT2D eigenvalue weighted by molar-refractivity contribution is 0.0990. The van der Waals surface area contributed by atoms with Crippen LogP contribution >= 0.6 is 0 Å². The van der Waals surface area contributed by atoms with Gasteiger partial charge in [0.25, 0.3) is 0 Å². The molecule has 7 nitrogen and oxygen atoms in total. The van der Waals surface area contributed by atoms with Crippen LogP contribution in [-0.4, -0.2) is 26.2 Å². The summed E-state index contributed by atoms with van der Waals surface area (Å²) >= 11 is 0. The van der Waals surface area contributed by atoms with Crippen molar-refractivity contribution in [3.8, 4) is 17.1 Å². The summed E-state index contributed by atoms with van der Waals surface area (Å²) in [4.78, 5) is 14.8. The fourth-order valence-electron chi connectivity index (χ4n) is 2.57. The van der Waals surface area contributed by atoms with Gasteiger partial charge in [-0.1, -0.05) is 30.3 Å². The predicted molar refractivity (Wildman–Crippen MR) is 92.8 cm³/mol. The number of fused-ring (bicyclic) bond motifs is 1. The third-order valence-electron chi connectivity index (χ3n) is 3.83. The molecular weight excluding hydrogens is 337 g/mol. The summed E-state index contributed by atoms with van der Waals surface area (Å²) in [6, 6.07) is 14.8. The number of azo groups is 1. The van der Waals surface area contributed by atoms with Crippen molar-refractivity contribution in [2.75, 3.05) is 0 Å². The number of amides is 1. The Morgan fingerprint density at radius 3 is 2.73 bits per heavy atom. The molecule has 0 unspecified atom stereocenters. The Balaban J connectivity index is 1.62. The van der Waals surface area contributed by atoms with E-state index >= 15 is 0 Å². The highest BCUT2D eigenvalue weighted by Gasteiger charge is 2.14. The van der Waals surface area contributed by atoms with Gasteiger partial charge in [0.1, 0.15) is 11.5 Å².